The van der Waals surface area contributed by atoms with E-state index in [2.05, 4.69) is 25.2 Å². The molecule has 0 heterocycles. The molecule has 1 atom stereocenters. The van der Waals surface area contributed by atoms with E-state index in [0.29, 0.717) is 0 Å². The third-order valence-corrected chi connectivity index (χ3v) is 2.65. The van der Waals surface area contributed by atoms with Crippen LogP contribution in [0.15, 0.2) is 24.3 Å². The number of hydrogen-bond acceptors (Lipinski definition) is 3. The molecule has 0 aliphatic heterocycles. The zero-order chi connectivity index (χ0) is 12.5. The average molecular weight is 237 g/mol. The normalized spacial score (nSPS) is 12.4. The fourth-order valence-electron chi connectivity index (χ4n) is 1.73. The lowest BCUT2D eigenvalue weighted by molar-refractivity contribution is 0.134. The van der Waals surface area contributed by atoms with E-state index in [1.807, 2.05) is 18.2 Å². The summed E-state index contributed by atoms with van der Waals surface area (Å²) in [6, 6.07) is 8.37. The van der Waals surface area contributed by atoms with Crippen LogP contribution in [0.3, 0.4) is 0 Å². The highest BCUT2D eigenvalue weighted by Crippen LogP contribution is 2.23. The monoisotopic (exact) mass is 237 g/mol. The van der Waals surface area contributed by atoms with Gasteiger partial charge in [-0.05, 0) is 19.4 Å². The quantitative estimate of drug-likeness (QED) is 0.705. The zero-order valence-electron chi connectivity index (χ0n) is 11.0. The molecule has 0 aliphatic carbocycles. The molecule has 0 bridgehead atoms. The summed E-state index contributed by atoms with van der Waals surface area (Å²) in [6.07, 6.45) is 1.07. The topological polar surface area (TPSA) is 30.5 Å². The van der Waals surface area contributed by atoms with Gasteiger partial charge in [-0.2, -0.15) is 0 Å². The summed E-state index contributed by atoms with van der Waals surface area (Å²) in [4.78, 5) is 0. The first-order chi connectivity index (χ1) is 8.29. The van der Waals surface area contributed by atoms with Gasteiger partial charge in [0.25, 0.3) is 0 Å². The smallest absolute Gasteiger partial charge is 0.123 e. The molecule has 1 aromatic carbocycles. The van der Waals surface area contributed by atoms with Gasteiger partial charge in [0.1, 0.15) is 5.75 Å². The summed E-state index contributed by atoms with van der Waals surface area (Å²) >= 11 is 0. The Kier molecular flexibility index (Phi) is 6.67. The number of hydrogen-bond donors (Lipinski definition) is 1. The van der Waals surface area contributed by atoms with Crippen LogP contribution in [0, 0.1) is 0 Å². The largest absolute Gasteiger partial charge is 0.496 e. The van der Waals surface area contributed by atoms with Crippen LogP contribution >= 0.6 is 0 Å². The summed E-state index contributed by atoms with van der Waals surface area (Å²) in [7, 11) is 1.70. The summed E-state index contributed by atoms with van der Waals surface area (Å²) < 4.78 is 10.8. The highest BCUT2D eigenvalue weighted by Gasteiger charge is 2.09. The van der Waals surface area contributed by atoms with E-state index >= 15 is 0 Å². The molecular weight excluding hydrogens is 214 g/mol. The van der Waals surface area contributed by atoms with Crippen LogP contribution in [-0.2, 0) is 4.74 Å². The molecule has 1 aromatic rings. The third-order valence-electron chi connectivity index (χ3n) is 2.65. The first-order valence-electron chi connectivity index (χ1n) is 6.23. The number of ether oxygens (including phenoxy) is 2. The van der Waals surface area contributed by atoms with Crippen LogP contribution in [0.1, 0.15) is 31.9 Å². The van der Waals surface area contributed by atoms with Gasteiger partial charge < -0.3 is 14.8 Å². The van der Waals surface area contributed by atoms with Crippen LogP contribution in [0.2, 0.25) is 0 Å². The van der Waals surface area contributed by atoms with Crippen molar-refractivity contribution in [2.24, 2.45) is 0 Å². The highest BCUT2D eigenvalue weighted by atomic mass is 16.5. The first-order valence-corrected chi connectivity index (χ1v) is 6.23. The Morgan fingerprint density at radius 2 is 2.00 bits per heavy atom. The van der Waals surface area contributed by atoms with Crippen molar-refractivity contribution in [3.63, 3.8) is 0 Å². The maximum Gasteiger partial charge on any atom is 0.123 e. The maximum atomic E-state index is 5.43. The Hall–Kier alpha value is -1.06. The summed E-state index contributed by atoms with van der Waals surface area (Å²) in [6.45, 7) is 6.71. The van der Waals surface area contributed by atoms with Gasteiger partial charge in [0.05, 0.1) is 13.7 Å². The second-order valence-corrected chi connectivity index (χ2v) is 4.03. The predicted octanol–water partition coefficient (Wildman–Crippen LogP) is 2.77. The number of nitrogens with one attached hydrogen (secondary N) is 1. The van der Waals surface area contributed by atoms with Gasteiger partial charge in [0.2, 0.25) is 0 Å². The van der Waals surface area contributed by atoms with Crippen molar-refractivity contribution in [3.8, 4) is 5.75 Å². The van der Waals surface area contributed by atoms with Crippen LogP contribution in [0.5, 0.6) is 5.75 Å². The number of para-hydroxylation sites is 1. The van der Waals surface area contributed by atoms with E-state index in [9.17, 15) is 0 Å². The van der Waals surface area contributed by atoms with Crippen molar-refractivity contribution in [1.82, 2.24) is 5.32 Å². The minimum atomic E-state index is 0.274. The van der Waals surface area contributed by atoms with Gasteiger partial charge in [-0.1, -0.05) is 25.1 Å². The molecule has 17 heavy (non-hydrogen) atoms. The third kappa shape index (κ3) is 4.75. The van der Waals surface area contributed by atoms with Crippen molar-refractivity contribution < 1.29 is 9.47 Å². The van der Waals surface area contributed by atoms with Crippen molar-refractivity contribution >= 4 is 0 Å². The van der Waals surface area contributed by atoms with E-state index < -0.39 is 0 Å². The maximum absolute atomic E-state index is 5.43. The van der Waals surface area contributed by atoms with E-state index in [-0.39, 0.29) is 6.04 Å². The molecule has 0 aromatic heterocycles. The van der Waals surface area contributed by atoms with Crippen LogP contribution < -0.4 is 10.1 Å². The van der Waals surface area contributed by atoms with E-state index in [4.69, 9.17) is 9.47 Å². The standard InChI is InChI=1S/C14H23NO2/c1-4-10-17-11-9-15-12(2)13-7-5-6-8-14(13)16-3/h5-8,12,15H,4,9-11H2,1-3H3/t12-/m1/s1. The molecule has 0 saturated carbocycles. The van der Waals surface area contributed by atoms with Gasteiger partial charge in [-0.3, -0.25) is 0 Å². The molecule has 96 valence electrons. The molecule has 1 rings (SSSR count). The Balaban J connectivity index is 2.38. The van der Waals surface area contributed by atoms with Crippen LogP contribution in [-0.4, -0.2) is 26.9 Å². The molecular formula is C14H23NO2. The summed E-state index contributed by atoms with van der Waals surface area (Å²) in [5.41, 5.74) is 1.19. The molecule has 0 fully saturated rings. The van der Waals surface area contributed by atoms with Gasteiger partial charge in [0.15, 0.2) is 0 Å². The summed E-state index contributed by atoms with van der Waals surface area (Å²) in [5.74, 6) is 0.932. The van der Waals surface area contributed by atoms with Gasteiger partial charge in [0, 0.05) is 24.8 Å². The van der Waals surface area contributed by atoms with Crippen LogP contribution in [0.25, 0.3) is 0 Å². The van der Waals surface area contributed by atoms with E-state index in [0.717, 1.165) is 31.9 Å². The fourth-order valence-corrected chi connectivity index (χ4v) is 1.73. The van der Waals surface area contributed by atoms with Crippen molar-refractivity contribution in [3.05, 3.63) is 29.8 Å². The van der Waals surface area contributed by atoms with Crippen molar-refractivity contribution in [2.75, 3.05) is 26.9 Å². The average Bonchev–Trinajstić information content (AvgIpc) is 2.38. The molecule has 3 nitrogen and oxygen atoms in total. The molecule has 0 spiro atoms. The molecule has 0 radical (unpaired) electrons. The molecule has 0 aliphatic rings. The number of rotatable bonds is 8. The molecule has 1 N–H and O–H groups in total. The lowest BCUT2D eigenvalue weighted by Gasteiger charge is -2.17. The first kappa shape index (κ1) is 14.0. The number of methoxy groups -OCH3 is 1. The molecule has 0 amide bonds. The second kappa shape index (κ2) is 8.09. The minimum Gasteiger partial charge on any atom is -0.496 e. The Morgan fingerprint density at radius 1 is 1.24 bits per heavy atom. The van der Waals surface area contributed by atoms with Gasteiger partial charge in [-0.25, -0.2) is 0 Å². The van der Waals surface area contributed by atoms with E-state index in [1.54, 1.807) is 7.11 Å². The Morgan fingerprint density at radius 3 is 2.71 bits per heavy atom. The molecule has 0 saturated heterocycles. The second-order valence-electron chi connectivity index (χ2n) is 4.03. The van der Waals surface area contributed by atoms with Gasteiger partial charge in [-0.15, -0.1) is 0 Å². The SMILES string of the molecule is CCCOCCN[C@H](C)c1ccccc1OC. The van der Waals surface area contributed by atoms with Crippen molar-refractivity contribution in [2.45, 2.75) is 26.3 Å². The molecule has 0 unspecified atom stereocenters. The Labute approximate surface area is 104 Å². The number of benzene rings is 1. The Bertz CT molecular complexity index is 315. The van der Waals surface area contributed by atoms with Crippen molar-refractivity contribution in [1.29, 1.82) is 0 Å². The highest BCUT2D eigenvalue weighted by molar-refractivity contribution is 5.35. The summed E-state index contributed by atoms with van der Waals surface area (Å²) in [5, 5.41) is 3.43. The lowest BCUT2D eigenvalue weighted by Crippen LogP contribution is -2.23. The lowest BCUT2D eigenvalue weighted by atomic mass is 10.1. The zero-order valence-corrected chi connectivity index (χ0v) is 11.0. The van der Waals surface area contributed by atoms with E-state index in [1.165, 1.54) is 5.56 Å². The van der Waals surface area contributed by atoms with Crippen LogP contribution in [0.4, 0.5) is 0 Å². The predicted molar refractivity (Wildman–Crippen MR) is 70.5 cm³/mol. The fraction of sp³-hybridized carbons (Fsp3) is 0.571. The minimum absolute atomic E-state index is 0.274. The van der Waals surface area contributed by atoms with Gasteiger partial charge >= 0.3 is 0 Å². The molecule has 3 heteroatoms.